The van der Waals surface area contributed by atoms with Crippen molar-refractivity contribution in [3.8, 4) is 0 Å². The first-order valence-electron chi connectivity index (χ1n) is 6.70. The van der Waals surface area contributed by atoms with Crippen molar-refractivity contribution in [3.05, 3.63) is 0 Å². The molecule has 0 spiro atoms. The number of nitrogens with two attached hydrogens (primary N) is 1. The van der Waals surface area contributed by atoms with Crippen molar-refractivity contribution in [3.63, 3.8) is 0 Å². The summed E-state index contributed by atoms with van der Waals surface area (Å²) in [5.74, 6) is 0.588. The lowest BCUT2D eigenvalue weighted by atomic mass is 10.0. The first kappa shape index (κ1) is 15.0. The SMILES string of the molecule is CNC(=O)C(CC(C)C)NC(=O)CC(N)C1CC1. The normalized spacial score (nSPS) is 18.3. The van der Waals surface area contributed by atoms with E-state index in [1.807, 2.05) is 13.8 Å². The van der Waals surface area contributed by atoms with Gasteiger partial charge in [0.05, 0.1) is 0 Å². The average molecular weight is 255 g/mol. The summed E-state index contributed by atoms with van der Waals surface area (Å²) in [5.41, 5.74) is 5.90. The summed E-state index contributed by atoms with van der Waals surface area (Å²) in [6.45, 7) is 4.05. The van der Waals surface area contributed by atoms with Gasteiger partial charge in [-0.1, -0.05) is 13.8 Å². The molecule has 1 aliphatic carbocycles. The quantitative estimate of drug-likeness (QED) is 0.615. The highest BCUT2D eigenvalue weighted by Crippen LogP contribution is 2.32. The molecule has 4 N–H and O–H groups in total. The van der Waals surface area contributed by atoms with Crippen molar-refractivity contribution in [2.45, 2.75) is 51.6 Å². The molecule has 0 aliphatic heterocycles. The molecule has 1 rings (SSSR count). The summed E-state index contributed by atoms with van der Waals surface area (Å²) in [7, 11) is 1.58. The van der Waals surface area contributed by atoms with Crippen molar-refractivity contribution >= 4 is 11.8 Å². The van der Waals surface area contributed by atoms with Gasteiger partial charge in [-0.15, -0.1) is 0 Å². The minimum absolute atomic E-state index is 0.0608. The van der Waals surface area contributed by atoms with Crippen LogP contribution < -0.4 is 16.4 Å². The molecule has 1 fully saturated rings. The summed E-state index contributed by atoms with van der Waals surface area (Å²) in [5, 5.41) is 5.36. The Morgan fingerprint density at radius 1 is 1.33 bits per heavy atom. The van der Waals surface area contributed by atoms with Crippen LogP contribution in [0.3, 0.4) is 0 Å². The molecule has 2 unspecified atom stereocenters. The number of hydrogen-bond acceptors (Lipinski definition) is 3. The Hall–Kier alpha value is -1.10. The molecular formula is C13H25N3O2. The Balaban J connectivity index is 2.42. The molecule has 0 saturated heterocycles. The smallest absolute Gasteiger partial charge is 0.242 e. The van der Waals surface area contributed by atoms with Gasteiger partial charge < -0.3 is 16.4 Å². The number of hydrogen-bond donors (Lipinski definition) is 3. The van der Waals surface area contributed by atoms with Crippen molar-refractivity contribution in [2.75, 3.05) is 7.05 Å². The van der Waals surface area contributed by atoms with E-state index in [9.17, 15) is 9.59 Å². The van der Waals surface area contributed by atoms with Gasteiger partial charge in [-0.25, -0.2) is 0 Å². The monoisotopic (exact) mass is 255 g/mol. The first-order valence-corrected chi connectivity index (χ1v) is 6.70. The second-order valence-corrected chi connectivity index (χ2v) is 5.57. The van der Waals surface area contributed by atoms with Crippen LogP contribution >= 0.6 is 0 Å². The summed E-state index contributed by atoms with van der Waals surface area (Å²) >= 11 is 0. The zero-order chi connectivity index (χ0) is 13.7. The van der Waals surface area contributed by atoms with E-state index < -0.39 is 6.04 Å². The van der Waals surface area contributed by atoms with Crippen LogP contribution in [-0.2, 0) is 9.59 Å². The fourth-order valence-corrected chi connectivity index (χ4v) is 2.04. The van der Waals surface area contributed by atoms with Crippen molar-refractivity contribution in [2.24, 2.45) is 17.6 Å². The van der Waals surface area contributed by atoms with Gasteiger partial charge in [0.25, 0.3) is 0 Å². The van der Waals surface area contributed by atoms with E-state index in [-0.39, 0.29) is 17.9 Å². The van der Waals surface area contributed by atoms with Crippen LogP contribution in [0, 0.1) is 11.8 Å². The van der Waals surface area contributed by atoms with Gasteiger partial charge in [-0.05, 0) is 31.1 Å². The predicted molar refractivity (Wildman–Crippen MR) is 70.8 cm³/mol. The Labute approximate surface area is 109 Å². The zero-order valence-electron chi connectivity index (χ0n) is 11.5. The average Bonchev–Trinajstić information content (AvgIpc) is 3.09. The third kappa shape index (κ3) is 5.04. The molecule has 0 bridgehead atoms. The van der Waals surface area contributed by atoms with Crippen molar-refractivity contribution in [1.82, 2.24) is 10.6 Å². The van der Waals surface area contributed by atoms with Gasteiger partial charge >= 0.3 is 0 Å². The lowest BCUT2D eigenvalue weighted by Gasteiger charge is -2.20. The fourth-order valence-electron chi connectivity index (χ4n) is 2.04. The minimum Gasteiger partial charge on any atom is -0.357 e. The Morgan fingerprint density at radius 3 is 2.39 bits per heavy atom. The lowest BCUT2D eigenvalue weighted by molar-refractivity contribution is -0.129. The molecule has 0 radical (unpaired) electrons. The topological polar surface area (TPSA) is 84.2 Å². The highest BCUT2D eigenvalue weighted by molar-refractivity contribution is 5.87. The Kier molecular flexibility index (Phi) is 5.59. The zero-order valence-corrected chi connectivity index (χ0v) is 11.5. The Morgan fingerprint density at radius 2 is 1.94 bits per heavy atom. The van der Waals surface area contributed by atoms with E-state index >= 15 is 0 Å². The predicted octanol–water partition coefficient (Wildman–Crippen LogP) is 0.391. The maximum Gasteiger partial charge on any atom is 0.242 e. The largest absolute Gasteiger partial charge is 0.357 e. The van der Waals surface area contributed by atoms with Gasteiger partial charge in [-0.3, -0.25) is 9.59 Å². The number of carbonyl (C=O) groups excluding carboxylic acids is 2. The molecule has 5 heteroatoms. The van der Waals surface area contributed by atoms with Crippen LogP contribution in [0.5, 0.6) is 0 Å². The highest BCUT2D eigenvalue weighted by atomic mass is 16.2. The van der Waals surface area contributed by atoms with E-state index in [0.29, 0.717) is 24.7 Å². The van der Waals surface area contributed by atoms with Crippen LogP contribution in [0.2, 0.25) is 0 Å². The van der Waals surface area contributed by atoms with Gasteiger partial charge in [-0.2, -0.15) is 0 Å². The van der Waals surface area contributed by atoms with Gasteiger partial charge in [0, 0.05) is 19.5 Å². The molecule has 5 nitrogen and oxygen atoms in total. The maximum absolute atomic E-state index is 11.8. The molecule has 0 aromatic rings. The number of nitrogens with one attached hydrogen (secondary N) is 2. The first-order chi connectivity index (χ1) is 8.43. The lowest BCUT2D eigenvalue weighted by Crippen LogP contribution is -2.47. The standard InChI is InChI=1S/C13H25N3O2/c1-8(2)6-11(13(18)15-3)16-12(17)7-10(14)9-4-5-9/h8-11H,4-7,14H2,1-3H3,(H,15,18)(H,16,17). The molecule has 0 heterocycles. The summed E-state index contributed by atoms with van der Waals surface area (Å²) in [6.07, 6.45) is 3.21. The Bertz CT molecular complexity index is 301. The third-order valence-electron chi connectivity index (χ3n) is 3.25. The molecule has 104 valence electrons. The van der Waals surface area contributed by atoms with Crippen LogP contribution in [0.25, 0.3) is 0 Å². The molecule has 1 saturated carbocycles. The van der Waals surface area contributed by atoms with E-state index in [1.54, 1.807) is 7.05 Å². The molecule has 0 aromatic carbocycles. The number of likely N-dealkylation sites (N-methyl/N-ethyl adjacent to an activating group) is 1. The van der Waals surface area contributed by atoms with E-state index in [1.165, 1.54) is 0 Å². The van der Waals surface area contributed by atoms with Crippen LogP contribution in [-0.4, -0.2) is 30.9 Å². The van der Waals surface area contributed by atoms with Crippen LogP contribution in [0.4, 0.5) is 0 Å². The number of carbonyl (C=O) groups is 2. The fraction of sp³-hybridized carbons (Fsp3) is 0.846. The second-order valence-electron chi connectivity index (χ2n) is 5.57. The van der Waals surface area contributed by atoms with Gasteiger partial charge in [0.15, 0.2) is 0 Å². The third-order valence-corrected chi connectivity index (χ3v) is 3.25. The van der Waals surface area contributed by atoms with Crippen LogP contribution in [0.1, 0.15) is 39.5 Å². The molecule has 1 aliphatic rings. The second kappa shape index (κ2) is 6.73. The molecule has 0 aromatic heterocycles. The van der Waals surface area contributed by atoms with Crippen molar-refractivity contribution < 1.29 is 9.59 Å². The van der Waals surface area contributed by atoms with E-state index in [2.05, 4.69) is 10.6 Å². The van der Waals surface area contributed by atoms with E-state index in [0.717, 1.165) is 12.8 Å². The molecular weight excluding hydrogens is 230 g/mol. The van der Waals surface area contributed by atoms with Crippen LogP contribution in [0.15, 0.2) is 0 Å². The van der Waals surface area contributed by atoms with E-state index in [4.69, 9.17) is 5.73 Å². The molecule has 18 heavy (non-hydrogen) atoms. The van der Waals surface area contributed by atoms with Gasteiger partial charge in [0.2, 0.25) is 11.8 Å². The maximum atomic E-state index is 11.8. The highest BCUT2D eigenvalue weighted by Gasteiger charge is 2.30. The number of amides is 2. The molecule has 2 amide bonds. The van der Waals surface area contributed by atoms with Gasteiger partial charge in [0.1, 0.15) is 6.04 Å². The number of rotatable bonds is 7. The summed E-state index contributed by atoms with van der Waals surface area (Å²) in [6, 6.07) is -0.511. The summed E-state index contributed by atoms with van der Waals surface area (Å²) < 4.78 is 0. The minimum atomic E-state index is -0.450. The van der Waals surface area contributed by atoms with Crippen molar-refractivity contribution in [1.29, 1.82) is 0 Å². The summed E-state index contributed by atoms with van der Waals surface area (Å²) in [4.78, 5) is 23.5. The molecule has 2 atom stereocenters.